The van der Waals surface area contributed by atoms with Gasteiger partial charge in [0.15, 0.2) is 0 Å². The standard InChI is InChI=1S/C29H33Cl2N3O4S/c1-21(2)18-32-29(36)27(16-22-10-6-4-7-11-22)33(19-23-12-8-5-9-13-23)28(35)20-34(39(3,37)38)24-14-15-25(30)26(31)17-24/h4-15,17,21,27H,16,18-20H2,1-3H3,(H,32,36). The number of carbonyl (C=O) groups is 2. The lowest BCUT2D eigenvalue weighted by Gasteiger charge is -2.33. The van der Waals surface area contributed by atoms with Gasteiger partial charge in [-0.1, -0.05) is 97.7 Å². The molecule has 0 aromatic heterocycles. The van der Waals surface area contributed by atoms with Crippen LogP contribution in [0.5, 0.6) is 0 Å². The van der Waals surface area contributed by atoms with E-state index in [-0.39, 0.29) is 40.5 Å². The topological polar surface area (TPSA) is 86.8 Å². The van der Waals surface area contributed by atoms with Crippen LogP contribution >= 0.6 is 23.2 Å². The molecule has 208 valence electrons. The molecule has 0 radical (unpaired) electrons. The summed E-state index contributed by atoms with van der Waals surface area (Å²) in [4.78, 5) is 29.0. The van der Waals surface area contributed by atoms with Gasteiger partial charge in [0.05, 0.1) is 22.0 Å². The third-order valence-corrected chi connectivity index (χ3v) is 7.90. The maximum atomic E-state index is 14.0. The normalized spacial score (nSPS) is 12.2. The number of hydrogen-bond acceptors (Lipinski definition) is 4. The van der Waals surface area contributed by atoms with E-state index < -0.39 is 28.5 Å². The number of benzene rings is 3. The van der Waals surface area contributed by atoms with E-state index >= 15 is 0 Å². The highest BCUT2D eigenvalue weighted by Gasteiger charge is 2.33. The van der Waals surface area contributed by atoms with Crippen LogP contribution in [0.4, 0.5) is 5.69 Å². The molecule has 0 aliphatic heterocycles. The van der Waals surface area contributed by atoms with Gasteiger partial charge < -0.3 is 10.2 Å². The third kappa shape index (κ3) is 8.98. The molecule has 0 aliphatic carbocycles. The first-order valence-electron chi connectivity index (χ1n) is 12.5. The fourth-order valence-corrected chi connectivity index (χ4v) is 5.14. The minimum Gasteiger partial charge on any atom is -0.354 e. The molecule has 10 heteroatoms. The Bertz CT molecular complexity index is 1370. The van der Waals surface area contributed by atoms with Crippen LogP contribution in [0, 0.1) is 5.92 Å². The van der Waals surface area contributed by atoms with Crippen molar-refractivity contribution in [1.29, 1.82) is 0 Å². The van der Waals surface area contributed by atoms with Gasteiger partial charge in [-0.15, -0.1) is 0 Å². The van der Waals surface area contributed by atoms with Crippen LogP contribution in [0.2, 0.25) is 10.0 Å². The molecule has 39 heavy (non-hydrogen) atoms. The van der Waals surface area contributed by atoms with Crippen molar-refractivity contribution in [2.75, 3.05) is 23.7 Å². The number of amides is 2. The van der Waals surface area contributed by atoms with E-state index in [0.717, 1.165) is 21.7 Å². The van der Waals surface area contributed by atoms with E-state index in [1.54, 1.807) is 0 Å². The fraction of sp³-hybridized carbons (Fsp3) is 0.310. The zero-order valence-corrected chi connectivity index (χ0v) is 24.5. The largest absolute Gasteiger partial charge is 0.354 e. The minimum atomic E-state index is -3.89. The number of sulfonamides is 1. The van der Waals surface area contributed by atoms with Gasteiger partial charge in [0, 0.05) is 19.5 Å². The molecule has 3 aromatic carbocycles. The molecule has 0 saturated carbocycles. The lowest BCUT2D eigenvalue weighted by molar-refractivity contribution is -0.140. The second-order valence-electron chi connectivity index (χ2n) is 9.72. The number of nitrogens with one attached hydrogen (secondary N) is 1. The van der Waals surface area contributed by atoms with Crippen LogP contribution in [0.1, 0.15) is 25.0 Å². The molecule has 1 N–H and O–H groups in total. The Hall–Kier alpha value is -3.07. The third-order valence-electron chi connectivity index (χ3n) is 6.02. The van der Waals surface area contributed by atoms with Crippen LogP contribution in [0.3, 0.4) is 0 Å². The van der Waals surface area contributed by atoms with Crippen LogP contribution in [0.25, 0.3) is 0 Å². The average molecular weight is 591 g/mol. The fourth-order valence-electron chi connectivity index (χ4n) is 4.01. The van der Waals surface area contributed by atoms with Gasteiger partial charge in [0.25, 0.3) is 0 Å². The predicted molar refractivity (Wildman–Crippen MR) is 157 cm³/mol. The van der Waals surface area contributed by atoms with Crippen molar-refractivity contribution in [2.24, 2.45) is 5.92 Å². The molecule has 1 atom stereocenters. The first-order chi connectivity index (χ1) is 18.5. The zero-order chi connectivity index (χ0) is 28.6. The van der Waals surface area contributed by atoms with Gasteiger partial charge >= 0.3 is 0 Å². The van der Waals surface area contributed by atoms with Gasteiger partial charge in [0.1, 0.15) is 12.6 Å². The van der Waals surface area contributed by atoms with Gasteiger partial charge in [-0.25, -0.2) is 8.42 Å². The first kappa shape index (κ1) is 30.5. The van der Waals surface area contributed by atoms with Gasteiger partial charge in [0.2, 0.25) is 21.8 Å². The van der Waals surface area contributed by atoms with Crippen molar-refractivity contribution >= 4 is 50.7 Å². The summed E-state index contributed by atoms with van der Waals surface area (Å²) in [6.07, 6.45) is 1.27. The van der Waals surface area contributed by atoms with E-state index in [0.29, 0.717) is 6.54 Å². The Labute approximate surface area is 240 Å². The second kappa shape index (κ2) is 13.8. The van der Waals surface area contributed by atoms with Crippen molar-refractivity contribution in [3.63, 3.8) is 0 Å². The molecular formula is C29H33Cl2N3O4S. The quantitative estimate of drug-likeness (QED) is 0.315. The van der Waals surface area contributed by atoms with E-state index in [1.807, 2.05) is 74.5 Å². The highest BCUT2D eigenvalue weighted by molar-refractivity contribution is 7.92. The molecule has 3 aromatic rings. The van der Waals surface area contributed by atoms with Crippen molar-refractivity contribution in [2.45, 2.75) is 32.9 Å². The molecule has 3 rings (SSSR count). The summed E-state index contributed by atoms with van der Waals surface area (Å²) in [5, 5.41) is 3.37. The van der Waals surface area contributed by atoms with Gasteiger partial charge in [-0.3, -0.25) is 13.9 Å². The molecule has 1 unspecified atom stereocenters. The highest BCUT2D eigenvalue weighted by Crippen LogP contribution is 2.29. The molecule has 0 bridgehead atoms. The summed E-state index contributed by atoms with van der Waals surface area (Å²) >= 11 is 12.2. The molecule has 0 saturated heterocycles. The maximum absolute atomic E-state index is 14.0. The Morgan fingerprint density at radius 3 is 2.00 bits per heavy atom. The molecule has 0 spiro atoms. The number of rotatable bonds is 12. The Balaban J connectivity index is 2.03. The number of carbonyl (C=O) groups excluding carboxylic acids is 2. The number of hydrogen-bond donors (Lipinski definition) is 1. The molecule has 7 nitrogen and oxygen atoms in total. The Kier molecular flexibility index (Phi) is 10.8. The molecular weight excluding hydrogens is 557 g/mol. The monoisotopic (exact) mass is 589 g/mol. The molecule has 0 heterocycles. The average Bonchev–Trinajstić information content (AvgIpc) is 2.90. The highest BCUT2D eigenvalue weighted by atomic mass is 35.5. The summed E-state index contributed by atoms with van der Waals surface area (Å²) in [7, 11) is -3.89. The zero-order valence-electron chi connectivity index (χ0n) is 22.2. The van der Waals surface area contributed by atoms with E-state index in [9.17, 15) is 18.0 Å². The van der Waals surface area contributed by atoms with Crippen LogP contribution < -0.4 is 9.62 Å². The van der Waals surface area contributed by atoms with Crippen molar-refractivity contribution in [3.05, 3.63) is 100 Å². The van der Waals surface area contributed by atoms with Crippen LogP contribution in [0.15, 0.2) is 78.9 Å². The summed E-state index contributed by atoms with van der Waals surface area (Å²) in [6, 6.07) is 22.2. The summed E-state index contributed by atoms with van der Waals surface area (Å²) in [5.41, 5.74) is 1.88. The van der Waals surface area contributed by atoms with E-state index in [1.165, 1.54) is 23.1 Å². The van der Waals surface area contributed by atoms with E-state index in [4.69, 9.17) is 23.2 Å². The molecule has 0 fully saturated rings. The molecule has 2 amide bonds. The predicted octanol–water partition coefficient (Wildman–Crippen LogP) is 5.17. The van der Waals surface area contributed by atoms with Crippen LogP contribution in [-0.4, -0.2) is 50.5 Å². The second-order valence-corrected chi connectivity index (χ2v) is 12.4. The summed E-state index contributed by atoms with van der Waals surface area (Å²) in [5.74, 6) is -0.631. The SMILES string of the molecule is CC(C)CNC(=O)C(Cc1ccccc1)N(Cc1ccccc1)C(=O)CN(c1ccc(Cl)c(Cl)c1)S(C)(=O)=O. The van der Waals surface area contributed by atoms with Gasteiger partial charge in [-0.05, 0) is 35.2 Å². The van der Waals surface area contributed by atoms with Crippen LogP contribution in [-0.2, 0) is 32.6 Å². The molecule has 0 aliphatic rings. The number of nitrogens with zero attached hydrogens (tertiary/aromatic N) is 2. The van der Waals surface area contributed by atoms with Crippen molar-refractivity contribution < 1.29 is 18.0 Å². The lowest BCUT2D eigenvalue weighted by Crippen LogP contribution is -2.53. The summed E-state index contributed by atoms with van der Waals surface area (Å²) < 4.78 is 26.6. The van der Waals surface area contributed by atoms with Crippen molar-refractivity contribution in [3.8, 4) is 0 Å². The lowest BCUT2D eigenvalue weighted by atomic mass is 10.0. The van der Waals surface area contributed by atoms with Gasteiger partial charge in [-0.2, -0.15) is 0 Å². The first-order valence-corrected chi connectivity index (χ1v) is 15.1. The van der Waals surface area contributed by atoms with E-state index in [2.05, 4.69) is 5.32 Å². The van der Waals surface area contributed by atoms with Crippen molar-refractivity contribution in [1.82, 2.24) is 10.2 Å². The Morgan fingerprint density at radius 2 is 1.46 bits per heavy atom. The Morgan fingerprint density at radius 1 is 0.872 bits per heavy atom. The summed E-state index contributed by atoms with van der Waals surface area (Å²) in [6.45, 7) is 4.01. The maximum Gasteiger partial charge on any atom is 0.244 e. The number of anilines is 1. The smallest absolute Gasteiger partial charge is 0.244 e. The minimum absolute atomic E-state index is 0.116. The number of halogens is 2.